The van der Waals surface area contributed by atoms with Gasteiger partial charge in [0.25, 0.3) is 0 Å². The molecule has 0 spiro atoms. The lowest BCUT2D eigenvalue weighted by Gasteiger charge is -2.24. The van der Waals surface area contributed by atoms with Crippen LogP contribution in [0.15, 0.2) is 12.1 Å². The highest BCUT2D eigenvalue weighted by Crippen LogP contribution is 2.27. The van der Waals surface area contributed by atoms with E-state index in [9.17, 15) is 9.50 Å². The van der Waals surface area contributed by atoms with Crippen molar-refractivity contribution in [3.63, 3.8) is 0 Å². The van der Waals surface area contributed by atoms with Crippen LogP contribution in [-0.4, -0.2) is 24.8 Å². The number of phenolic OH excluding ortho intramolecular Hbond substituents is 1. The summed E-state index contributed by atoms with van der Waals surface area (Å²) in [6.07, 6.45) is -0.252. The molecule has 82 valence electrons. The lowest BCUT2D eigenvalue weighted by molar-refractivity contribution is 0.0254. The van der Waals surface area contributed by atoms with Gasteiger partial charge < -0.3 is 15.2 Å². The van der Waals surface area contributed by atoms with E-state index in [0.29, 0.717) is 24.3 Å². The minimum atomic E-state index is -0.410. The molecular formula is C11H14FNO2. The van der Waals surface area contributed by atoms with Crippen LogP contribution in [0.5, 0.6) is 5.75 Å². The number of hydrogen-bond acceptors (Lipinski definition) is 3. The van der Waals surface area contributed by atoms with Crippen molar-refractivity contribution >= 4 is 0 Å². The summed E-state index contributed by atoms with van der Waals surface area (Å²) in [5.74, 6) is -0.424. The van der Waals surface area contributed by atoms with Gasteiger partial charge in [0, 0.05) is 24.7 Å². The number of rotatable bonds is 1. The molecule has 0 amide bonds. The van der Waals surface area contributed by atoms with E-state index < -0.39 is 5.82 Å². The van der Waals surface area contributed by atoms with Gasteiger partial charge in [-0.2, -0.15) is 0 Å². The minimum absolute atomic E-state index is 0.0139. The second-order valence-corrected chi connectivity index (χ2v) is 3.72. The van der Waals surface area contributed by atoms with Crippen LogP contribution in [0.25, 0.3) is 0 Å². The molecule has 2 N–H and O–H groups in total. The van der Waals surface area contributed by atoms with E-state index in [4.69, 9.17) is 4.74 Å². The van der Waals surface area contributed by atoms with E-state index >= 15 is 0 Å². The Morgan fingerprint density at radius 2 is 2.33 bits per heavy atom. The molecule has 1 saturated heterocycles. The number of morpholine rings is 1. The van der Waals surface area contributed by atoms with Gasteiger partial charge in [0.2, 0.25) is 0 Å². The van der Waals surface area contributed by atoms with Gasteiger partial charge in [0.15, 0.2) is 0 Å². The van der Waals surface area contributed by atoms with Crippen LogP contribution in [0.3, 0.4) is 0 Å². The number of hydrogen-bond donors (Lipinski definition) is 2. The molecule has 0 radical (unpaired) electrons. The quantitative estimate of drug-likeness (QED) is 0.739. The molecule has 1 unspecified atom stereocenters. The number of halogens is 1. The molecule has 0 aromatic heterocycles. The smallest absolute Gasteiger partial charge is 0.132 e. The highest BCUT2D eigenvalue weighted by molar-refractivity contribution is 5.37. The molecule has 1 aliphatic rings. The molecule has 3 nitrogen and oxygen atoms in total. The summed E-state index contributed by atoms with van der Waals surface area (Å²) in [4.78, 5) is 0. The van der Waals surface area contributed by atoms with Crippen LogP contribution in [-0.2, 0) is 4.74 Å². The van der Waals surface area contributed by atoms with E-state index in [0.717, 1.165) is 12.6 Å². The molecule has 1 aliphatic heterocycles. The van der Waals surface area contributed by atoms with Gasteiger partial charge in [0.1, 0.15) is 11.6 Å². The first-order chi connectivity index (χ1) is 7.18. The summed E-state index contributed by atoms with van der Waals surface area (Å²) in [5, 5.41) is 12.5. The number of benzene rings is 1. The third kappa shape index (κ3) is 2.11. The van der Waals surface area contributed by atoms with Crippen LogP contribution in [0.2, 0.25) is 0 Å². The number of phenols is 1. The van der Waals surface area contributed by atoms with E-state index in [-0.39, 0.29) is 11.9 Å². The van der Waals surface area contributed by atoms with Gasteiger partial charge >= 0.3 is 0 Å². The summed E-state index contributed by atoms with van der Waals surface area (Å²) in [7, 11) is 0. The predicted octanol–water partition coefficient (Wildman–Crippen LogP) is 1.50. The molecule has 1 fully saturated rings. The first-order valence-electron chi connectivity index (χ1n) is 5.00. The summed E-state index contributed by atoms with van der Waals surface area (Å²) >= 11 is 0. The lowest BCUT2D eigenvalue weighted by Crippen LogP contribution is -2.33. The number of nitrogens with one attached hydrogen (secondary N) is 1. The Kier molecular flexibility index (Phi) is 2.88. The fourth-order valence-corrected chi connectivity index (χ4v) is 1.71. The predicted molar refractivity (Wildman–Crippen MR) is 54.4 cm³/mol. The monoisotopic (exact) mass is 211 g/mol. The van der Waals surface area contributed by atoms with Gasteiger partial charge in [-0.15, -0.1) is 0 Å². The van der Waals surface area contributed by atoms with Gasteiger partial charge in [-0.3, -0.25) is 0 Å². The Morgan fingerprint density at radius 1 is 1.53 bits per heavy atom. The largest absolute Gasteiger partial charge is 0.508 e. The van der Waals surface area contributed by atoms with Crippen molar-refractivity contribution in [2.45, 2.75) is 13.0 Å². The van der Waals surface area contributed by atoms with Crippen molar-refractivity contribution in [2.24, 2.45) is 0 Å². The van der Waals surface area contributed by atoms with E-state index in [1.807, 2.05) is 0 Å². The summed E-state index contributed by atoms with van der Waals surface area (Å²) in [6, 6.07) is 2.78. The number of ether oxygens (including phenoxy) is 1. The first-order valence-corrected chi connectivity index (χ1v) is 5.00. The SMILES string of the molecule is Cc1cc(C2CNCCO2)c(F)cc1O. The van der Waals surface area contributed by atoms with Crippen molar-refractivity contribution in [1.82, 2.24) is 5.32 Å². The van der Waals surface area contributed by atoms with Crippen molar-refractivity contribution in [1.29, 1.82) is 0 Å². The zero-order valence-electron chi connectivity index (χ0n) is 8.59. The molecule has 1 atom stereocenters. The van der Waals surface area contributed by atoms with E-state index in [1.165, 1.54) is 0 Å². The Labute approximate surface area is 87.9 Å². The average Bonchev–Trinajstić information content (AvgIpc) is 2.25. The molecule has 0 bridgehead atoms. The van der Waals surface area contributed by atoms with Gasteiger partial charge in [-0.1, -0.05) is 0 Å². The summed E-state index contributed by atoms with van der Waals surface area (Å²) < 4.78 is 19.0. The van der Waals surface area contributed by atoms with Crippen LogP contribution in [0, 0.1) is 12.7 Å². The fourth-order valence-electron chi connectivity index (χ4n) is 1.71. The molecule has 2 rings (SSSR count). The van der Waals surface area contributed by atoms with Gasteiger partial charge in [-0.25, -0.2) is 4.39 Å². The van der Waals surface area contributed by atoms with Crippen molar-refractivity contribution in [2.75, 3.05) is 19.7 Å². The van der Waals surface area contributed by atoms with Gasteiger partial charge in [0.05, 0.1) is 12.7 Å². The van der Waals surface area contributed by atoms with E-state index in [2.05, 4.69) is 5.32 Å². The normalized spacial score (nSPS) is 21.6. The number of aryl methyl sites for hydroxylation is 1. The molecule has 1 heterocycles. The maximum atomic E-state index is 13.5. The number of aromatic hydroxyl groups is 1. The van der Waals surface area contributed by atoms with Crippen LogP contribution in [0.4, 0.5) is 4.39 Å². The molecular weight excluding hydrogens is 197 g/mol. The molecule has 1 aromatic carbocycles. The zero-order chi connectivity index (χ0) is 10.8. The maximum absolute atomic E-state index is 13.5. The molecule has 0 saturated carbocycles. The Hall–Kier alpha value is -1.13. The van der Waals surface area contributed by atoms with Crippen molar-refractivity contribution in [3.05, 3.63) is 29.1 Å². The van der Waals surface area contributed by atoms with Gasteiger partial charge in [-0.05, 0) is 18.6 Å². The molecule has 0 aliphatic carbocycles. The fraction of sp³-hybridized carbons (Fsp3) is 0.455. The average molecular weight is 211 g/mol. The Morgan fingerprint density at radius 3 is 3.00 bits per heavy atom. The molecule has 1 aromatic rings. The maximum Gasteiger partial charge on any atom is 0.132 e. The van der Waals surface area contributed by atoms with E-state index in [1.54, 1.807) is 13.0 Å². The standard InChI is InChI=1S/C11H14FNO2/c1-7-4-8(9(12)5-10(7)14)11-6-13-2-3-15-11/h4-5,11,13-14H,2-3,6H2,1H3. The third-order valence-electron chi connectivity index (χ3n) is 2.59. The summed E-state index contributed by atoms with van der Waals surface area (Å²) in [5.41, 5.74) is 1.18. The minimum Gasteiger partial charge on any atom is -0.508 e. The first kappa shape index (κ1) is 10.4. The van der Waals surface area contributed by atoms with Crippen molar-refractivity contribution < 1.29 is 14.2 Å². The topological polar surface area (TPSA) is 41.5 Å². The Bertz CT molecular complexity index is 362. The molecule has 4 heteroatoms. The van der Waals surface area contributed by atoms with Crippen LogP contribution >= 0.6 is 0 Å². The molecule has 15 heavy (non-hydrogen) atoms. The highest BCUT2D eigenvalue weighted by atomic mass is 19.1. The highest BCUT2D eigenvalue weighted by Gasteiger charge is 2.20. The second-order valence-electron chi connectivity index (χ2n) is 3.72. The Balaban J connectivity index is 2.30. The van der Waals surface area contributed by atoms with Crippen molar-refractivity contribution in [3.8, 4) is 5.75 Å². The van der Waals surface area contributed by atoms with Crippen LogP contribution in [0.1, 0.15) is 17.2 Å². The lowest BCUT2D eigenvalue weighted by atomic mass is 10.0. The third-order valence-corrected chi connectivity index (χ3v) is 2.59. The van der Waals surface area contributed by atoms with Crippen LogP contribution < -0.4 is 5.32 Å². The summed E-state index contributed by atoms with van der Waals surface area (Å²) in [6.45, 7) is 3.74. The zero-order valence-corrected chi connectivity index (χ0v) is 8.59. The second kappa shape index (κ2) is 4.16.